The number of hydrogen-bond donors (Lipinski definition) is 6. The molecule has 0 saturated heterocycles. The molecule has 0 amide bonds. The number of hydrogen-bond acceptors (Lipinski definition) is 8. The number of carboxylic acid groups (broad SMARTS) is 1. The Morgan fingerprint density at radius 3 is 2.12 bits per heavy atom. The third-order valence-electron chi connectivity index (χ3n) is 3.36. The van der Waals surface area contributed by atoms with Gasteiger partial charge in [-0.1, -0.05) is 0 Å². The van der Waals surface area contributed by atoms with Crippen LogP contribution in [0, 0.1) is 0 Å². The standard InChI is InChI=1S/C15H14O10S/c16-9-1-8(14(19)10(3-9)15(20)21)6-25-5-7-2-12(18)13(4-11(7)17)26(22,23)24/h1-4,16-19H,5-6H2,(H,20,21)(H,22,23,24). The zero-order valence-electron chi connectivity index (χ0n) is 12.9. The van der Waals surface area contributed by atoms with E-state index in [0.29, 0.717) is 6.07 Å². The van der Waals surface area contributed by atoms with E-state index in [2.05, 4.69) is 0 Å². The van der Waals surface area contributed by atoms with Gasteiger partial charge in [-0.15, -0.1) is 0 Å². The number of carboxylic acids is 1. The van der Waals surface area contributed by atoms with Crippen molar-refractivity contribution in [3.63, 3.8) is 0 Å². The van der Waals surface area contributed by atoms with Crippen LogP contribution in [0.15, 0.2) is 29.2 Å². The molecule has 0 aliphatic carbocycles. The first-order valence-corrected chi connectivity index (χ1v) is 8.33. The first kappa shape index (κ1) is 19.3. The third-order valence-corrected chi connectivity index (χ3v) is 4.24. The highest BCUT2D eigenvalue weighted by atomic mass is 32.2. The van der Waals surface area contributed by atoms with E-state index in [1.54, 1.807) is 0 Å². The topological polar surface area (TPSA) is 182 Å². The Balaban J connectivity index is 2.19. The SMILES string of the molecule is O=C(O)c1cc(O)cc(COCc2cc(O)c(S(=O)(=O)O)cc2O)c1O. The summed E-state index contributed by atoms with van der Waals surface area (Å²) in [7, 11) is -4.73. The summed E-state index contributed by atoms with van der Waals surface area (Å²) in [5.41, 5.74) is -0.602. The maximum absolute atomic E-state index is 11.0. The number of aromatic carboxylic acids is 1. The molecule has 0 fully saturated rings. The van der Waals surface area contributed by atoms with Crippen molar-refractivity contribution in [1.82, 2.24) is 0 Å². The number of phenols is 4. The van der Waals surface area contributed by atoms with Crippen LogP contribution in [0.4, 0.5) is 0 Å². The Morgan fingerprint density at radius 2 is 1.54 bits per heavy atom. The summed E-state index contributed by atoms with van der Waals surface area (Å²) in [4.78, 5) is 10.1. The average molecular weight is 386 g/mol. The molecule has 2 aromatic carbocycles. The van der Waals surface area contributed by atoms with Crippen LogP contribution in [0.1, 0.15) is 21.5 Å². The van der Waals surface area contributed by atoms with Gasteiger partial charge in [-0.25, -0.2) is 4.79 Å². The van der Waals surface area contributed by atoms with Gasteiger partial charge >= 0.3 is 5.97 Å². The van der Waals surface area contributed by atoms with Gasteiger partial charge in [0.25, 0.3) is 10.1 Å². The number of aromatic hydroxyl groups is 4. The van der Waals surface area contributed by atoms with Gasteiger partial charge < -0.3 is 30.3 Å². The highest BCUT2D eigenvalue weighted by Crippen LogP contribution is 2.32. The van der Waals surface area contributed by atoms with E-state index in [1.807, 2.05) is 0 Å². The van der Waals surface area contributed by atoms with Gasteiger partial charge in [0.15, 0.2) is 0 Å². The smallest absolute Gasteiger partial charge is 0.339 e. The van der Waals surface area contributed by atoms with Crippen molar-refractivity contribution in [2.75, 3.05) is 0 Å². The maximum atomic E-state index is 11.0. The van der Waals surface area contributed by atoms with E-state index in [4.69, 9.17) is 14.4 Å². The monoisotopic (exact) mass is 386 g/mol. The van der Waals surface area contributed by atoms with Gasteiger partial charge in [0.05, 0.1) is 13.2 Å². The summed E-state index contributed by atoms with van der Waals surface area (Å²) >= 11 is 0. The molecular formula is C15H14O10S. The number of carbonyl (C=O) groups is 1. The number of ether oxygens (including phenoxy) is 1. The number of benzene rings is 2. The van der Waals surface area contributed by atoms with Crippen LogP contribution in [-0.2, 0) is 28.1 Å². The predicted molar refractivity (Wildman–Crippen MR) is 84.8 cm³/mol. The molecule has 0 radical (unpaired) electrons. The number of phenolic OH excluding ortho intramolecular Hbond substituents is 3. The van der Waals surface area contributed by atoms with Crippen LogP contribution < -0.4 is 0 Å². The summed E-state index contributed by atoms with van der Waals surface area (Å²) in [5, 5.41) is 47.6. The van der Waals surface area contributed by atoms with Crippen molar-refractivity contribution >= 4 is 16.1 Å². The van der Waals surface area contributed by atoms with E-state index < -0.39 is 49.5 Å². The van der Waals surface area contributed by atoms with Crippen molar-refractivity contribution in [1.29, 1.82) is 0 Å². The average Bonchev–Trinajstić information content (AvgIpc) is 2.51. The zero-order valence-corrected chi connectivity index (χ0v) is 13.8. The minimum absolute atomic E-state index is 0.0343. The fraction of sp³-hybridized carbons (Fsp3) is 0.133. The molecule has 2 aromatic rings. The minimum Gasteiger partial charge on any atom is -0.508 e. The van der Waals surface area contributed by atoms with E-state index >= 15 is 0 Å². The molecule has 0 atom stereocenters. The molecule has 0 spiro atoms. The van der Waals surface area contributed by atoms with Crippen LogP contribution in [0.2, 0.25) is 0 Å². The molecule has 0 saturated carbocycles. The van der Waals surface area contributed by atoms with Gasteiger partial charge in [-0.2, -0.15) is 8.42 Å². The van der Waals surface area contributed by atoms with Crippen molar-refractivity contribution in [2.24, 2.45) is 0 Å². The van der Waals surface area contributed by atoms with Crippen molar-refractivity contribution in [2.45, 2.75) is 18.1 Å². The molecule has 10 nitrogen and oxygen atoms in total. The lowest BCUT2D eigenvalue weighted by Gasteiger charge is -2.11. The highest BCUT2D eigenvalue weighted by molar-refractivity contribution is 7.86. The summed E-state index contributed by atoms with van der Waals surface area (Å²) in [6.07, 6.45) is 0. The Bertz CT molecular complexity index is 965. The normalized spacial score (nSPS) is 11.4. The lowest BCUT2D eigenvalue weighted by Crippen LogP contribution is -2.02. The molecule has 11 heteroatoms. The molecule has 2 rings (SSSR count). The van der Waals surface area contributed by atoms with Gasteiger partial charge in [-0.3, -0.25) is 4.55 Å². The second-order valence-electron chi connectivity index (χ2n) is 5.22. The van der Waals surface area contributed by atoms with E-state index in [0.717, 1.165) is 18.2 Å². The molecule has 0 bridgehead atoms. The summed E-state index contributed by atoms with van der Waals surface area (Å²) in [6, 6.07) is 3.45. The minimum atomic E-state index is -4.73. The summed E-state index contributed by atoms with van der Waals surface area (Å²) in [5.74, 6) is -3.86. The molecule has 0 heterocycles. The molecule has 26 heavy (non-hydrogen) atoms. The van der Waals surface area contributed by atoms with Crippen molar-refractivity contribution in [3.8, 4) is 23.0 Å². The Hall–Kier alpha value is -3.02. The summed E-state index contributed by atoms with van der Waals surface area (Å²) in [6.45, 7) is -0.719. The molecule has 140 valence electrons. The molecule has 0 unspecified atom stereocenters. The molecule has 0 aliphatic heterocycles. The molecule has 6 N–H and O–H groups in total. The largest absolute Gasteiger partial charge is 0.508 e. The van der Waals surface area contributed by atoms with E-state index in [9.17, 15) is 33.6 Å². The van der Waals surface area contributed by atoms with Gasteiger partial charge in [-0.05, 0) is 18.2 Å². The fourth-order valence-corrected chi connectivity index (χ4v) is 2.73. The van der Waals surface area contributed by atoms with Crippen LogP contribution in [0.5, 0.6) is 23.0 Å². The first-order chi connectivity index (χ1) is 12.0. The van der Waals surface area contributed by atoms with Crippen molar-refractivity contribution in [3.05, 3.63) is 41.0 Å². The van der Waals surface area contributed by atoms with E-state index in [-0.39, 0.29) is 24.3 Å². The highest BCUT2D eigenvalue weighted by Gasteiger charge is 2.19. The van der Waals surface area contributed by atoms with Crippen molar-refractivity contribution < 1.29 is 48.0 Å². The van der Waals surface area contributed by atoms with Crippen LogP contribution in [0.25, 0.3) is 0 Å². The van der Waals surface area contributed by atoms with Gasteiger partial charge in [0.2, 0.25) is 0 Å². The molecule has 0 aliphatic rings. The summed E-state index contributed by atoms with van der Waals surface area (Å²) < 4.78 is 36.2. The first-order valence-electron chi connectivity index (χ1n) is 6.89. The lowest BCUT2D eigenvalue weighted by atomic mass is 10.1. The lowest BCUT2D eigenvalue weighted by molar-refractivity contribution is 0.0691. The van der Waals surface area contributed by atoms with E-state index in [1.165, 1.54) is 0 Å². The Kier molecular flexibility index (Phi) is 5.25. The molecule has 0 aromatic heterocycles. The Morgan fingerprint density at radius 1 is 0.923 bits per heavy atom. The number of rotatable bonds is 6. The third kappa shape index (κ3) is 4.14. The maximum Gasteiger partial charge on any atom is 0.339 e. The second-order valence-corrected chi connectivity index (χ2v) is 6.61. The van der Waals surface area contributed by atoms with Gasteiger partial charge in [0, 0.05) is 17.2 Å². The van der Waals surface area contributed by atoms with Gasteiger partial charge in [0.1, 0.15) is 33.5 Å². The Labute approximate surface area is 146 Å². The molecular weight excluding hydrogens is 372 g/mol. The van der Waals surface area contributed by atoms with Crippen LogP contribution in [-0.4, -0.2) is 44.5 Å². The van der Waals surface area contributed by atoms with Crippen LogP contribution >= 0.6 is 0 Å². The zero-order chi connectivity index (χ0) is 19.6. The second kappa shape index (κ2) is 7.07. The fourth-order valence-electron chi connectivity index (χ4n) is 2.14. The van der Waals surface area contributed by atoms with Crippen LogP contribution in [0.3, 0.4) is 0 Å². The quantitative estimate of drug-likeness (QED) is 0.311. The predicted octanol–water partition coefficient (Wildman–Crippen LogP) is 1.17.